The highest BCUT2D eigenvalue weighted by Crippen LogP contribution is 2.19. The lowest BCUT2D eigenvalue weighted by Crippen LogP contribution is -1.99. The molecule has 0 saturated carbocycles. The summed E-state index contributed by atoms with van der Waals surface area (Å²) in [6, 6.07) is 14.0. The number of imidazole rings is 1. The summed E-state index contributed by atoms with van der Waals surface area (Å²) in [7, 11) is 1.91. The first kappa shape index (κ1) is 12.4. The van der Waals surface area contributed by atoms with Gasteiger partial charge in [-0.05, 0) is 35.9 Å². The molecule has 1 heterocycles. The smallest absolute Gasteiger partial charge is 0.123 e. The Balaban J connectivity index is 2.04. The van der Waals surface area contributed by atoms with Crippen molar-refractivity contribution in [2.45, 2.75) is 6.42 Å². The Morgan fingerprint density at radius 2 is 2.10 bits per heavy atom. The summed E-state index contributed by atoms with van der Waals surface area (Å²) in [6.45, 7) is 0. The highest BCUT2D eigenvalue weighted by atomic mass is 19.1. The van der Waals surface area contributed by atoms with Crippen molar-refractivity contribution in [1.82, 2.24) is 9.55 Å². The predicted molar refractivity (Wildman–Crippen MR) is 74.6 cm³/mol. The second kappa shape index (κ2) is 4.78. The monoisotopic (exact) mass is 265 g/mol. The fourth-order valence-electron chi connectivity index (χ4n) is 2.30. The van der Waals surface area contributed by atoms with Gasteiger partial charge in [-0.25, -0.2) is 9.37 Å². The lowest BCUT2D eigenvalue weighted by molar-refractivity contribution is 0.625. The molecule has 3 aromatic rings. The third-order valence-electron chi connectivity index (χ3n) is 3.35. The zero-order valence-corrected chi connectivity index (χ0v) is 11.0. The van der Waals surface area contributed by atoms with Crippen molar-refractivity contribution < 1.29 is 4.39 Å². The van der Waals surface area contributed by atoms with Gasteiger partial charge in [0.05, 0.1) is 22.7 Å². The van der Waals surface area contributed by atoms with Crippen molar-refractivity contribution in [2.75, 3.05) is 0 Å². The molecule has 0 radical (unpaired) electrons. The number of aromatic nitrogens is 2. The number of nitriles is 1. The van der Waals surface area contributed by atoms with Gasteiger partial charge in [-0.1, -0.05) is 12.1 Å². The Bertz CT molecular complexity index is 827. The number of halogens is 1. The number of benzene rings is 2. The number of hydrogen-bond donors (Lipinski definition) is 0. The summed E-state index contributed by atoms with van der Waals surface area (Å²) in [4.78, 5) is 4.54. The molecule has 98 valence electrons. The summed E-state index contributed by atoms with van der Waals surface area (Å²) in [5.74, 6) is 0.605. The second-order valence-electron chi connectivity index (χ2n) is 4.71. The van der Waals surface area contributed by atoms with Crippen LogP contribution in [0.25, 0.3) is 11.0 Å². The Labute approximate surface area is 115 Å². The third-order valence-corrected chi connectivity index (χ3v) is 3.35. The first-order chi connectivity index (χ1) is 9.67. The van der Waals surface area contributed by atoms with Crippen molar-refractivity contribution in [2.24, 2.45) is 7.05 Å². The molecule has 1 aromatic heterocycles. The SMILES string of the molecule is Cn1c(Cc2cccc(F)c2)nc2ccc(C#N)cc21. The average molecular weight is 265 g/mol. The molecule has 0 atom stereocenters. The van der Waals surface area contributed by atoms with Crippen molar-refractivity contribution >= 4 is 11.0 Å². The van der Waals surface area contributed by atoms with Crippen LogP contribution >= 0.6 is 0 Å². The molecule has 0 aliphatic rings. The second-order valence-corrected chi connectivity index (χ2v) is 4.71. The molecule has 3 rings (SSSR count). The number of hydrogen-bond acceptors (Lipinski definition) is 2. The number of nitrogens with zero attached hydrogens (tertiary/aromatic N) is 3. The van der Waals surface area contributed by atoms with Crippen LogP contribution in [0.2, 0.25) is 0 Å². The number of aryl methyl sites for hydroxylation is 1. The van der Waals surface area contributed by atoms with E-state index < -0.39 is 0 Å². The number of fused-ring (bicyclic) bond motifs is 1. The van der Waals surface area contributed by atoms with Crippen LogP contribution < -0.4 is 0 Å². The van der Waals surface area contributed by atoms with Crippen LogP contribution in [0.3, 0.4) is 0 Å². The molecule has 0 saturated heterocycles. The molecule has 0 bridgehead atoms. The first-order valence-electron chi connectivity index (χ1n) is 6.27. The van der Waals surface area contributed by atoms with Crippen molar-refractivity contribution in [3.63, 3.8) is 0 Å². The van der Waals surface area contributed by atoms with Crippen molar-refractivity contribution in [1.29, 1.82) is 5.26 Å². The molecule has 20 heavy (non-hydrogen) atoms. The van der Waals surface area contributed by atoms with Crippen LogP contribution in [-0.2, 0) is 13.5 Å². The van der Waals surface area contributed by atoms with E-state index >= 15 is 0 Å². The molecular formula is C16H12FN3. The van der Waals surface area contributed by atoms with Crippen molar-refractivity contribution in [3.8, 4) is 6.07 Å². The first-order valence-corrected chi connectivity index (χ1v) is 6.27. The Hall–Kier alpha value is -2.67. The van der Waals surface area contributed by atoms with Crippen LogP contribution in [0.15, 0.2) is 42.5 Å². The molecular weight excluding hydrogens is 253 g/mol. The van der Waals surface area contributed by atoms with E-state index in [1.807, 2.05) is 29.8 Å². The molecule has 4 heteroatoms. The summed E-state index contributed by atoms with van der Waals surface area (Å²) >= 11 is 0. The standard InChI is InChI=1S/C16H12FN3/c1-20-15-8-12(10-18)5-6-14(15)19-16(20)9-11-3-2-4-13(17)7-11/h2-8H,9H2,1H3. The minimum absolute atomic E-state index is 0.243. The molecule has 0 aliphatic heterocycles. The van der Waals surface area contributed by atoms with Crippen LogP contribution in [-0.4, -0.2) is 9.55 Å². The molecule has 2 aromatic carbocycles. The summed E-state index contributed by atoms with van der Waals surface area (Å²) in [5.41, 5.74) is 3.25. The highest BCUT2D eigenvalue weighted by molar-refractivity contribution is 5.77. The maximum Gasteiger partial charge on any atom is 0.123 e. The summed E-state index contributed by atoms with van der Waals surface area (Å²) in [5, 5.41) is 8.94. The predicted octanol–water partition coefficient (Wildman–Crippen LogP) is 3.17. The maximum atomic E-state index is 13.2. The zero-order valence-electron chi connectivity index (χ0n) is 11.0. The van der Waals surface area contributed by atoms with Crippen LogP contribution in [0.1, 0.15) is 17.0 Å². The lowest BCUT2D eigenvalue weighted by atomic mass is 10.1. The van der Waals surface area contributed by atoms with Gasteiger partial charge in [0.2, 0.25) is 0 Å². The summed E-state index contributed by atoms with van der Waals surface area (Å²) in [6.07, 6.45) is 0.560. The van der Waals surface area contributed by atoms with Crippen LogP contribution in [0.4, 0.5) is 4.39 Å². The molecule has 0 aliphatic carbocycles. The van der Waals surface area contributed by atoms with Gasteiger partial charge >= 0.3 is 0 Å². The Kier molecular flexibility index (Phi) is 2.96. The molecule has 0 spiro atoms. The normalized spacial score (nSPS) is 10.7. The van der Waals surface area contributed by atoms with Crippen LogP contribution in [0, 0.1) is 17.1 Å². The maximum absolute atomic E-state index is 13.2. The quantitative estimate of drug-likeness (QED) is 0.714. The van der Waals surface area contributed by atoms with Gasteiger partial charge in [-0.15, -0.1) is 0 Å². The van der Waals surface area contributed by atoms with Gasteiger partial charge in [0.15, 0.2) is 0 Å². The van der Waals surface area contributed by atoms with Gasteiger partial charge in [-0.3, -0.25) is 0 Å². The fourth-order valence-corrected chi connectivity index (χ4v) is 2.30. The Morgan fingerprint density at radius 1 is 1.25 bits per heavy atom. The van der Waals surface area contributed by atoms with Gasteiger partial charge in [0.25, 0.3) is 0 Å². The van der Waals surface area contributed by atoms with E-state index in [1.54, 1.807) is 12.1 Å². The van der Waals surface area contributed by atoms with E-state index in [1.165, 1.54) is 12.1 Å². The minimum atomic E-state index is -0.243. The molecule has 0 fully saturated rings. The van der Waals surface area contributed by atoms with Crippen LogP contribution in [0.5, 0.6) is 0 Å². The van der Waals surface area contributed by atoms with E-state index in [0.717, 1.165) is 22.4 Å². The van der Waals surface area contributed by atoms with Gasteiger partial charge in [0.1, 0.15) is 11.6 Å². The van der Waals surface area contributed by atoms with Gasteiger partial charge in [-0.2, -0.15) is 5.26 Å². The van der Waals surface area contributed by atoms with Gasteiger partial charge < -0.3 is 4.57 Å². The lowest BCUT2D eigenvalue weighted by Gasteiger charge is -2.03. The molecule has 0 N–H and O–H groups in total. The van der Waals surface area contributed by atoms with E-state index in [0.29, 0.717) is 12.0 Å². The molecule has 0 amide bonds. The van der Waals surface area contributed by atoms with Crippen molar-refractivity contribution in [3.05, 3.63) is 65.2 Å². The molecule has 0 unspecified atom stereocenters. The van der Waals surface area contributed by atoms with E-state index in [4.69, 9.17) is 5.26 Å². The minimum Gasteiger partial charge on any atom is -0.331 e. The third kappa shape index (κ3) is 2.14. The Morgan fingerprint density at radius 3 is 2.85 bits per heavy atom. The zero-order chi connectivity index (χ0) is 14.1. The number of rotatable bonds is 2. The molecule has 3 nitrogen and oxygen atoms in total. The van der Waals surface area contributed by atoms with E-state index in [9.17, 15) is 4.39 Å². The fraction of sp³-hybridized carbons (Fsp3) is 0.125. The largest absolute Gasteiger partial charge is 0.331 e. The highest BCUT2D eigenvalue weighted by Gasteiger charge is 2.09. The topological polar surface area (TPSA) is 41.6 Å². The summed E-state index contributed by atoms with van der Waals surface area (Å²) < 4.78 is 15.2. The van der Waals surface area contributed by atoms with E-state index in [-0.39, 0.29) is 5.82 Å². The van der Waals surface area contributed by atoms with Gasteiger partial charge in [0, 0.05) is 13.5 Å². The average Bonchev–Trinajstić information content (AvgIpc) is 2.75. The van der Waals surface area contributed by atoms with E-state index in [2.05, 4.69) is 11.1 Å².